The Balaban J connectivity index is 2.96. The quantitative estimate of drug-likeness (QED) is 0.301. The molecule has 0 saturated carbocycles. The Hall–Kier alpha value is 0.400. The van der Waals surface area contributed by atoms with Crippen molar-refractivity contribution in [2.24, 2.45) is 0 Å². The normalized spacial score (nSPS) is 13.1. The van der Waals surface area contributed by atoms with Crippen LogP contribution in [0.4, 0.5) is 4.39 Å². The summed E-state index contributed by atoms with van der Waals surface area (Å²) in [4.78, 5) is 0. The molecule has 1 atom stereocenters. The van der Waals surface area contributed by atoms with E-state index in [2.05, 4.69) is 29.2 Å². The summed E-state index contributed by atoms with van der Waals surface area (Å²) in [6, 6.07) is 0. The predicted octanol–water partition coefficient (Wildman–Crippen LogP) is 3.12. The second-order valence-electron chi connectivity index (χ2n) is 1.97. The van der Waals surface area contributed by atoms with Crippen molar-refractivity contribution in [3.05, 3.63) is 12.7 Å². The van der Waals surface area contributed by atoms with Gasteiger partial charge in [-0.25, -0.2) is 4.39 Å². The van der Waals surface area contributed by atoms with Crippen LogP contribution in [0.5, 0.6) is 0 Å². The van der Waals surface area contributed by atoms with E-state index >= 15 is 0 Å². The van der Waals surface area contributed by atoms with Gasteiger partial charge in [0.1, 0.15) is 6.17 Å². The maximum Gasteiger partial charge on any atom is 0.109 e. The monoisotopic (exact) mass is 242 g/mol. The van der Waals surface area contributed by atoms with Gasteiger partial charge in [-0.1, -0.05) is 28.7 Å². The Morgan fingerprint density at radius 3 is 2.78 bits per heavy atom. The van der Waals surface area contributed by atoms with Gasteiger partial charge in [0.15, 0.2) is 0 Å². The van der Waals surface area contributed by atoms with Crippen molar-refractivity contribution in [1.29, 1.82) is 0 Å². The highest BCUT2D eigenvalue weighted by Crippen LogP contribution is 2.07. The summed E-state index contributed by atoms with van der Waals surface area (Å²) in [7, 11) is 0. The topological polar surface area (TPSA) is 0 Å². The molecule has 9 heavy (non-hydrogen) atoms. The molecule has 0 heterocycles. The van der Waals surface area contributed by atoms with Crippen LogP contribution in [0.15, 0.2) is 12.7 Å². The average molecular weight is 242 g/mol. The minimum atomic E-state index is -0.606. The molecular formula is C7H12FI. The van der Waals surface area contributed by atoms with Gasteiger partial charge in [-0.2, -0.15) is 0 Å². The average Bonchev–Trinajstić information content (AvgIpc) is 1.89. The molecule has 0 radical (unpaired) electrons. The molecule has 0 aliphatic carbocycles. The number of halogens is 2. The van der Waals surface area contributed by atoms with Gasteiger partial charge < -0.3 is 0 Å². The molecule has 0 amide bonds. The molecule has 0 N–H and O–H groups in total. The van der Waals surface area contributed by atoms with Gasteiger partial charge in [0, 0.05) is 4.43 Å². The lowest BCUT2D eigenvalue weighted by Crippen LogP contribution is -1.99. The molecule has 0 aromatic heterocycles. The third-order valence-electron chi connectivity index (χ3n) is 1.09. The van der Waals surface area contributed by atoms with E-state index in [1.807, 2.05) is 6.08 Å². The van der Waals surface area contributed by atoms with Crippen LogP contribution in [-0.2, 0) is 0 Å². The number of hydrogen-bond acceptors (Lipinski definition) is 0. The van der Waals surface area contributed by atoms with E-state index in [9.17, 15) is 4.39 Å². The summed E-state index contributed by atoms with van der Waals surface area (Å²) < 4.78 is 13.0. The molecule has 0 aromatic carbocycles. The molecule has 0 bridgehead atoms. The van der Waals surface area contributed by atoms with Crippen LogP contribution in [-0.4, -0.2) is 10.6 Å². The lowest BCUT2D eigenvalue weighted by atomic mass is 10.2. The maximum absolute atomic E-state index is 12.4. The highest BCUT2D eigenvalue weighted by atomic mass is 127. The van der Waals surface area contributed by atoms with E-state index in [1.54, 1.807) is 0 Å². The number of allylic oxidation sites excluding steroid dienone is 1. The van der Waals surface area contributed by atoms with Crippen molar-refractivity contribution in [3.8, 4) is 0 Å². The van der Waals surface area contributed by atoms with Gasteiger partial charge in [-0.3, -0.25) is 0 Å². The summed E-state index contributed by atoms with van der Waals surface area (Å²) in [5.41, 5.74) is 0. The van der Waals surface area contributed by atoms with Crippen LogP contribution in [0.2, 0.25) is 0 Å². The molecule has 0 spiro atoms. The van der Waals surface area contributed by atoms with Gasteiger partial charge in [0.05, 0.1) is 0 Å². The minimum Gasteiger partial charge on any atom is -0.247 e. The molecule has 0 aromatic rings. The summed E-state index contributed by atoms with van der Waals surface area (Å²) in [5, 5.41) is 0. The summed E-state index contributed by atoms with van der Waals surface area (Å²) >= 11 is 2.06. The predicted molar refractivity (Wildman–Crippen MR) is 47.8 cm³/mol. The van der Waals surface area contributed by atoms with Crippen LogP contribution in [0.1, 0.15) is 19.3 Å². The van der Waals surface area contributed by atoms with Gasteiger partial charge in [0.25, 0.3) is 0 Å². The van der Waals surface area contributed by atoms with Crippen molar-refractivity contribution >= 4 is 22.6 Å². The Labute approximate surface area is 69.7 Å². The smallest absolute Gasteiger partial charge is 0.109 e. The van der Waals surface area contributed by atoms with Crippen LogP contribution < -0.4 is 0 Å². The van der Waals surface area contributed by atoms with E-state index in [1.165, 1.54) is 0 Å². The zero-order valence-corrected chi connectivity index (χ0v) is 7.60. The van der Waals surface area contributed by atoms with Gasteiger partial charge in [-0.05, 0) is 19.3 Å². The SMILES string of the molecule is C=CCCCC(F)CI. The fourth-order valence-corrected chi connectivity index (χ4v) is 1.00. The molecule has 0 rings (SSSR count). The molecule has 54 valence electrons. The number of hydrogen-bond donors (Lipinski definition) is 0. The number of alkyl halides is 2. The maximum atomic E-state index is 12.4. The second kappa shape index (κ2) is 6.52. The van der Waals surface area contributed by atoms with E-state index in [0.29, 0.717) is 10.8 Å². The summed E-state index contributed by atoms with van der Waals surface area (Å²) in [6.45, 7) is 3.56. The van der Waals surface area contributed by atoms with Crippen molar-refractivity contribution in [2.75, 3.05) is 4.43 Å². The molecule has 0 nitrogen and oxygen atoms in total. The molecular weight excluding hydrogens is 230 g/mol. The molecule has 0 aliphatic rings. The Morgan fingerprint density at radius 1 is 1.67 bits per heavy atom. The zero-order chi connectivity index (χ0) is 7.11. The van der Waals surface area contributed by atoms with Crippen LogP contribution >= 0.6 is 22.6 Å². The van der Waals surface area contributed by atoms with Crippen LogP contribution in [0.3, 0.4) is 0 Å². The summed E-state index contributed by atoms with van der Waals surface area (Å²) in [6.07, 6.45) is 3.80. The highest BCUT2D eigenvalue weighted by Gasteiger charge is 2.00. The fraction of sp³-hybridized carbons (Fsp3) is 0.714. The minimum absolute atomic E-state index is 0.606. The molecule has 1 unspecified atom stereocenters. The van der Waals surface area contributed by atoms with E-state index in [4.69, 9.17) is 0 Å². The second-order valence-corrected chi connectivity index (χ2v) is 2.85. The van der Waals surface area contributed by atoms with Crippen molar-refractivity contribution in [1.82, 2.24) is 0 Å². The standard InChI is InChI=1S/C7H12FI/c1-2-3-4-5-7(8)6-9/h2,7H,1,3-6H2. The first kappa shape index (κ1) is 9.40. The van der Waals surface area contributed by atoms with Gasteiger partial charge in [-0.15, -0.1) is 6.58 Å². The molecule has 2 heteroatoms. The molecule has 0 aliphatic heterocycles. The summed E-state index contributed by atoms with van der Waals surface area (Å²) in [5.74, 6) is 0. The van der Waals surface area contributed by atoms with Crippen LogP contribution in [0, 0.1) is 0 Å². The van der Waals surface area contributed by atoms with Gasteiger partial charge in [0.2, 0.25) is 0 Å². The van der Waals surface area contributed by atoms with E-state index in [-0.39, 0.29) is 0 Å². The Morgan fingerprint density at radius 2 is 2.33 bits per heavy atom. The lowest BCUT2D eigenvalue weighted by Gasteiger charge is -2.00. The van der Waals surface area contributed by atoms with Gasteiger partial charge >= 0.3 is 0 Å². The largest absolute Gasteiger partial charge is 0.247 e. The first-order chi connectivity index (χ1) is 4.31. The van der Waals surface area contributed by atoms with Crippen LogP contribution in [0.25, 0.3) is 0 Å². The first-order valence-corrected chi connectivity index (χ1v) is 4.64. The highest BCUT2D eigenvalue weighted by molar-refractivity contribution is 14.1. The molecule has 0 fully saturated rings. The third-order valence-corrected chi connectivity index (χ3v) is 2.05. The van der Waals surface area contributed by atoms with Crippen molar-refractivity contribution in [2.45, 2.75) is 25.4 Å². The Bertz CT molecular complexity index is 73.3. The number of rotatable bonds is 5. The number of unbranched alkanes of at least 4 members (excludes halogenated alkanes) is 1. The first-order valence-electron chi connectivity index (χ1n) is 3.12. The van der Waals surface area contributed by atoms with Crippen molar-refractivity contribution in [3.63, 3.8) is 0 Å². The molecule has 0 saturated heterocycles. The lowest BCUT2D eigenvalue weighted by molar-refractivity contribution is 0.345. The zero-order valence-electron chi connectivity index (χ0n) is 5.45. The van der Waals surface area contributed by atoms with E-state index < -0.39 is 6.17 Å². The Kier molecular flexibility index (Phi) is 6.81. The third kappa shape index (κ3) is 6.28. The van der Waals surface area contributed by atoms with E-state index in [0.717, 1.165) is 12.8 Å². The fourth-order valence-electron chi connectivity index (χ4n) is 0.561. The van der Waals surface area contributed by atoms with Crippen molar-refractivity contribution < 1.29 is 4.39 Å².